The molecule has 1 saturated heterocycles. The number of pyridine rings is 2. The number of nitrogens with one attached hydrogen (secondary N) is 1. The van der Waals surface area contributed by atoms with Crippen molar-refractivity contribution in [2.75, 3.05) is 27.2 Å². The molecule has 156 valence electrons. The number of likely N-dealkylation sites (N-methyl/N-ethyl adjacent to an activating group) is 1. The summed E-state index contributed by atoms with van der Waals surface area (Å²) in [6, 6.07) is 12.5. The summed E-state index contributed by atoms with van der Waals surface area (Å²) in [5.41, 5.74) is 5.72. The normalized spacial score (nSPS) is 18.8. The third kappa shape index (κ3) is 3.82. The van der Waals surface area contributed by atoms with E-state index in [9.17, 15) is 0 Å². The second-order valence-electron chi connectivity index (χ2n) is 8.00. The molecule has 7 heteroatoms. The number of nitrogens with zero attached hydrogens (tertiary/aromatic N) is 5. The van der Waals surface area contributed by atoms with Crippen molar-refractivity contribution in [3.63, 3.8) is 0 Å². The minimum Gasteiger partial charge on any atom is -0.352 e. The van der Waals surface area contributed by atoms with E-state index in [1.165, 1.54) is 17.0 Å². The van der Waals surface area contributed by atoms with Gasteiger partial charge < -0.3 is 19.7 Å². The lowest BCUT2D eigenvalue weighted by Gasteiger charge is -2.29. The Kier molecular flexibility index (Phi) is 5.83. The Balaban J connectivity index is 1.80. The van der Waals surface area contributed by atoms with Crippen LogP contribution in [-0.2, 0) is 0 Å². The van der Waals surface area contributed by atoms with Gasteiger partial charge in [0.2, 0.25) is 0 Å². The van der Waals surface area contributed by atoms with Crippen molar-refractivity contribution in [1.82, 2.24) is 29.7 Å². The molecule has 0 amide bonds. The van der Waals surface area contributed by atoms with Crippen LogP contribution in [0.25, 0.3) is 5.69 Å². The molecule has 0 aliphatic carbocycles. The van der Waals surface area contributed by atoms with E-state index < -0.39 is 0 Å². The minimum atomic E-state index is 0.00344. The highest BCUT2D eigenvalue weighted by Crippen LogP contribution is 2.41. The topological polar surface area (TPSA) is 49.2 Å². The predicted molar refractivity (Wildman–Crippen MR) is 124 cm³/mol. The standard InChI is InChI=1S/C23H28N6S/c1-16-14-19(17(2)29(16)18-8-7-10-24-15-18)22-21(20-9-5-6-11-25-20)26-23(30)28(22)13-12-27(3)4/h5-11,14-15,21-22H,12-13H2,1-4H3,(H,26,30)/t21-,22-/m0/s1. The van der Waals surface area contributed by atoms with Crippen LogP contribution >= 0.6 is 12.2 Å². The second kappa shape index (κ2) is 8.53. The zero-order valence-corrected chi connectivity index (χ0v) is 18.7. The van der Waals surface area contributed by atoms with Crippen molar-refractivity contribution in [3.8, 4) is 5.69 Å². The first-order valence-electron chi connectivity index (χ1n) is 10.2. The molecule has 0 aromatic carbocycles. The fourth-order valence-electron chi connectivity index (χ4n) is 4.26. The molecular weight excluding hydrogens is 392 g/mol. The third-order valence-electron chi connectivity index (χ3n) is 5.68. The number of hydrogen-bond acceptors (Lipinski definition) is 4. The average molecular weight is 421 g/mol. The molecule has 4 rings (SSSR count). The largest absolute Gasteiger partial charge is 0.352 e. The quantitative estimate of drug-likeness (QED) is 0.617. The summed E-state index contributed by atoms with van der Waals surface area (Å²) in [6.45, 7) is 6.10. The zero-order chi connectivity index (χ0) is 21.3. The maximum Gasteiger partial charge on any atom is 0.170 e. The van der Waals surface area contributed by atoms with Gasteiger partial charge in [0.1, 0.15) is 0 Å². The lowest BCUT2D eigenvalue weighted by atomic mass is 9.97. The summed E-state index contributed by atoms with van der Waals surface area (Å²) < 4.78 is 2.27. The van der Waals surface area contributed by atoms with Crippen molar-refractivity contribution in [2.24, 2.45) is 0 Å². The average Bonchev–Trinajstić information content (AvgIpc) is 3.22. The van der Waals surface area contributed by atoms with Crippen molar-refractivity contribution in [1.29, 1.82) is 0 Å². The molecule has 0 bridgehead atoms. The van der Waals surface area contributed by atoms with E-state index in [4.69, 9.17) is 12.2 Å². The fraction of sp³-hybridized carbons (Fsp3) is 0.348. The van der Waals surface area contributed by atoms with Gasteiger partial charge in [0, 0.05) is 36.9 Å². The van der Waals surface area contributed by atoms with Crippen LogP contribution in [0.3, 0.4) is 0 Å². The Morgan fingerprint density at radius 2 is 1.97 bits per heavy atom. The Morgan fingerprint density at radius 3 is 2.63 bits per heavy atom. The van der Waals surface area contributed by atoms with Gasteiger partial charge in [-0.15, -0.1) is 0 Å². The molecular formula is C23H28N6S. The highest BCUT2D eigenvalue weighted by atomic mass is 32.1. The van der Waals surface area contributed by atoms with Gasteiger partial charge in [-0.1, -0.05) is 6.07 Å². The molecule has 3 aromatic heterocycles. The van der Waals surface area contributed by atoms with E-state index >= 15 is 0 Å². The van der Waals surface area contributed by atoms with E-state index in [2.05, 4.69) is 75.8 Å². The van der Waals surface area contributed by atoms with Gasteiger partial charge in [-0.2, -0.15) is 0 Å². The molecule has 2 atom stereocenters. The van der Waals surface area contributed by atoms with Crippen LogP contribution in [0, 0.1) is 13.8 Å². The van der Waals surface area contributed by atoms with Crippen molar-refractivity contribution < 1.29 is 0 Å². The van der Waals surface area contributed by atoms with Crippen LogP contribution in [0.1, 0.15) is 34.7 Å². The first kappa shape index (κ1) is 20.5. The van der Waals surface area contributed by atoms with Crippen LogP contribution in [0.2, 0.25) is 0 Å². The van der Waals surface area contributed by atoms with Gasteiger partial charge in [0.05, 0.1) is 29.7 Å². The van der Waals surface area contributed by atoms with Crippen LogP contribution in [0.5, 0.6) is 0 Å². The van der Waals surface area contributed by atoms with Gasteiger partial charge in [-0.3, -0.25) is 9.97 Å². The molecule has 0 radical (unpaired) electrons. The summed E-state index contributed by atoms with van der Waals surface area (Å²) in [5, 5.41) is 4.32. The number of rotatable bonds is 6. The molecule has 1 aliphatic heterocycles. The maximum atomic E-state index is 5.77. The van der Waals surface area contributed by atoms with Crippen molar-refractivity contribution >= 4 is 17.3 Å². The van der Waals surface area contributed by atoms with Crippen molar-refractivity contribution in [3.05, 3.63) is 77.6 Å². The highest BCUT2D eigenvalue weighted by molar-refractivity contribution is 7.80. The molecule has 1 fully saturated rings. The summed E-state index contributed by atoms with van der Waals surface area (Å²) in [5.74, 6) is 0. The van der Waals surface area contributed by atoms with E-state index in [1.807, 2.05) is 30.6 Å². The van der Waals surface area contributed by atoms with Crippen LogP contribution in [0.15, 0.2) is 55.0 Å². The molecule has 0 spiro atoms. The smallest absolute Gasteiger partial charge is 0.170 e. The Bertz CT molecular complexity index is 1010. The van der Waals surface area contributed by atoms with Crippen LogP contribution in [-0.4, -0.2) is 56.6 Å². The second-order valence-corrected chi connectivity index (χ2v) is 8.38. The lowest BCUT2D eigenvalue weighted by Crippen LogP contribution is -2.35. The molecule has 30 heavy (non-hydrogen) atoms. The van der Waals surface area contributed by atoms with Gasteiger partial charge in [-0.25, -0.2) is 0 Å². The number of thiocarbonyl (C=S) groups is 1. The number of hydrogen-bond donors (Lipinski definition) is 1. The third-order valence-corrected chi connectivity index (χ3v) is 6.03. The van der Waals surface area contributed by atoms with E-state index in [0.717, 1.165) is 29.6 Å². The molecule has 0 unspecified atom stereocenters. The summed E-state index contributed by atoms with van der Waals surface area (Å²) in [6.07, 6.45) is 5.55. The van der Waals surface area contributed by atoms with E-state index in [-0.39, 0.29) is 12.1 Å². The first-order chi connectivity index (χ1) is 14.5. The maximum absolute atomic E-state index is 5.77. The Morgan fingerprint density at radius 1 is 1.13 bits per heavy atom. The Labute approximate surface area is 183 Å². The molecule has 6 nitrogen and oxygen atoms in total. The van der Waals surface area contributed by atoms with Gasteiger partial charge in [0.25, 0.3) is 0 Å². The predicted octanol–water partition coefficient (Wildman–Crippen LogP) is 3.42. The summed E-state index contributed by atoms with van der Waals surface area (Å²) in [7, 11) is 4.18. The molecule has 1 aliphatic rings. The number of aryl methyl sites for hydroxylation is 1. The molecule has 1 N–H and O–H groups in total. The SMILES string of the molecule is Cc1cc([C@H]2[C@H](c3ccccn3)NC(=S)N2CCN(C)C)c(C)n1-c1cccnc1. The van der Waals surface area contributed by atoms with Crippen molar-refractivity contribution in [2.45, 2.75) is 25.9 Å². The fourth-order valence-corrected chi connectivity index (χ4v) is 4.59. The van der Waals surface area contributed by atoms with Crippen LogP contribution in [0.4, 0.5) is 0 Å². The first-order valence-corrected chi connectivity index (χ1v) is 10.6. The van der Waals surface area contributed by atoms with Crippen LogP contribution < -0.4 is 5.32 Å². The highest BCUT2D eigenvalue weighted by Gasteiger charge is 2.41. The lowest BCUT2D eigenvalue weighted by molar-refractivity contribution is 0.277. The van der Waals surface area contributed by atoms with Gasteiger partial charge in [0.15, 0.2) is 5.11 Å². The van der Waals surface area contributed by atoms with Gasteiger partial charge >= 0.3 is 0 Å². The zero-order valence-electron chi connectivity index (χ0n) is 17.9. The summed E-state index contributed by atoms with van der Waals surface area (Å²) in [4.78, 5) is 13.4. The molecule has 3 aromatic rings. The number of aromatic nitrogens is 3. The van der Waals surface area contributed by atoms with E-state index in [1.54, 1.807) is 6.20 Å². The Hall–Kier alpha value is -2.77. The van der Waals surface area contributed by atoms with Gasteiger partial charge in [-0.05, 0) is 76.1 Å². The monoisotopic (exact) mass is 420 g/mol. The summed E-state index contributed by atoms with van der Waals surface area (Å²) >= 11 is 5.77. The minimum absolute atomic E-state index is 0.00344. The molecule has 4 heterocycles. The molecule has 0 saturated carbocycles. The van der Waals surface area contributed by atoms with E-state index in [0.29, 0.717) is 0 Å².